The Morgan fingerprint density at radius 1 is 1.00 bits per heavy atom. The molecule has 1 aliphatic carbocycles. The van der Waals surface area contributed by atoms with Gasteiger partial charge < -0.3 is 10.6 Å². The molecule has 36 heavy (non-hydrogen) atoms. The second-order valence-electron chi connectivity index (χ2n) is 8.21. The molecule has 0 saturated heterocycles. The normalized spacial score (nSPS) is 17.7. The largest absolute Gasteiger partial charge is 0.326 e. The number of amides is 2. The maximum absolute atomic E-state index is 14.2. The van der Waals surface area contributed by atoms with E-state index in [1.807, 2.05) is 6.07 Å². The number of anilines is 2. The van der Waals surface area contributed by atoms with Crippen molar-refractivity contribution >= 4 is 81.2 Å². The lowest BCUT2D eigenvalue weighted by Gasteiger charge is -2.11. The van der Waals surface area contributed by atoms with Crippen molar-refractivity contribution in [2.24, 2.45) is 5.92 Å². The van der Waals surface area contributed by atoms with Crippen LogP contribution in [0.1, 0.15) is 33.0 Å². The van der Waals surface area contributed by atoms with Gasteiger partial charge in [-0.2, -0.15) is 5.26 Å². The Kier molecular flexibility index (Phi) is 7.43. The number of hydrogen-bond acceptors (Lipinski definition) is 3. The SMILES string of the molecule is Cc1cc(C2C(C(=O)Nc3ccc(Cl)c(C(=O)Nc4ccc(C#N)cc4F)c3)C2(Cl)Cl)cc(Cl)c1Cl. The summed E-state index contributed by atoms with van der Waals surface area (Å²) < 4.78 is 12.8. The van der Waals surface area contributed by atoms with Crippen LogP contribution >= 0.6 is 58.0 Å². The van der Waals surface area contributed by atoms with E-state index in [1.165, 1.54) is 30.3 Å². The van der Waals surface area contributed by atoms with Crippen molar-refractivity contribution in [3.63, 3.8) is 0 Å². The summed E-state index contributed by atoms with van der Waals surface area (Å²) in [4.78, 5) is 25.8. The van der Waals surface area contributed by atoms with Crippen molar-refractivity contribution < 1.29 is 14.0 Å². The van der Waals surface area contributed by atoms with E-state index in [1.54, 1.807) is 19.1 Å². The molecule has 0 radical (unpaired) electrons. The fourth-order valence-corrected chi connectivity index (χ4v) is 5.29. The van der Waals surface area contributed by atoms with Crippen LogP contribution < -0.4 is 10.6 Å². The summed E-state index contributed by atoms with van der Waals surface area (Å²) in [6, 6.07) is 13.1. The molecule has 0 heterocycles. The second kappa shape index (κ2) is 10.1. The van der Waals surface area contributed by atoms with E-state index < -0.39 is 33.8 Å². The van der Waals surface area contributed by atoms with Gasteiger partial charge in [-0.15, -0.1) is 23.2 Å². The summed E-state index contributed by atoms with van der Waals surface area (Å²) in [6.45, 7) is 1.78. The highest BCUT2D eigenvalue weighted by molar-refractivity contribution is 6.53. The summed E-state index contributed by atoms with van der Waals surface area (Å²) in [6.07, 6.45) is 0. The highest BCUT2D eigenvalue weighted by Crippen LogP contribution is 2.65. The summed E-state index contributed by atoms with van der Waals surface area (Å²) in [5.74, 6) is -3.28. The van der Waals surface area contributed by atoms with Gasteiger partial charge in [0.25, 0.3) is 5.91 Å². The van der Waals surface area contributed by atoms with E-state index in [-0.39, 0.29) is 27.5 Å². The molecule has 2 atom stereocenters. The molecule has 2 unspecified atom stereocenters. The molecule has 2 N–H and O–H groups in total. The van der Waals surface area contributed by atoms with E-state index in [0.29, 0.717) is 15.6 Å². The zero-order chi connectivity index (χ0) is 26.4. The average molecular weight is 586 g/mol. The van der Waals surface area contributed by atoms with Gasteiger partial charge in [-0.1, -0.05) is 40.9 Å². The number of nitrogens with zero attached hydrogens (tertiary/aromatic N) is 1. The maximum atomic E-state index is 14.2. The third kappa shape index (κ3) is 5.13. The molecule has 4 rings (SSSR count). The topological polar surface area (TPSA) is 82.0 Å². The van der Waals surface area contributed by atoms with Crippen LogP contribution in [0, 0.1) is 30.0 Å². The third-order valence-electron chi connectivity index (χ3n) is 5.75. The first-order valence-corrected chi connectivity index (χ1v) is 12.3. The van der Waals surface area contributed by atoms with Gasteiger partial charge in [-0.25, -0.2) is 4.39 Å². The molecule has 0 aliphatic heterocycles. The molecular weight excluding hydrogens is 571 g/mol. The summed E-state index contributed by atoms with van der Waals surface area (Å²) >= 11 is 31.3. The number of hydrogen-bond donors (Lipinski definition) is 2. The Morgan fingerprint density at radius 3 is 2.36 bits per heavy atom. The van der Waals surface area contributed by atoms with Gasteiger partial charge in [0.15, 0.2) is 0 Å². The van der Waals surface area contributed by atoms with Crippen LogP contribution in [-0.2, 0) is 4.79 Å². The zero-order valence-corrected chi connectivity index (χ0v) is 22.1. The van der Waals surface area contributed by atoms with E-state index >= 15 is 0 Å². The number of aryl methyl sites for hydroxylation is 1. The standard InChI is InChI=1S/C25H15Cl5FN3O2/c1-11-6-13(8-17(27)22(11)28)20-21(25(20,29)30)24(36)33-14-3-4-16(26)15(9-14)23(35)34-19-5-2-12(10-32)7-18(19)31/h2-9,20-21H,1H3,(H,33,36)(H,34,35). The van der Waals surface area contributed by atoms with Gasteiger partial charge in [0.2, 0.25) is 5.91 Å². The predicted octanol–water partition coefficient (Wildman–Crippen LogP) is 7.74. The van der Waals surface area contributed by atoms with Crippen molar-refractivity contribution in [3.8, 4) is 6.07 Å². The molecule has 1 fully saturated rings. The van der Waals surface area contributed by atoms with Crippen LogP contribution in [0.25, 0.3) is 0 Å². The first-order chi connectivity index (χ1) is 16.9. The maximum Gasteiger partial charge on any atom is 0.257 e. The first-order valence-electron chi connectivity index (χ1n) is 10.4. The molecule has 1 saturated carbocycles. The molecule has 1 aliphatic rings. The minimum atomic E-state index is -1.37. The Morgan fingerprint density at radius 2 is 1.72 bits per heavy atom. The van der Waals surface area contributed by atoms with Crippen molar-refractivity contribution in [1.82, 2.24) is 0 Å². The zero-order valence-electron chi connectivity index (χ0n) is 18.3. The predicted molar refractivity (Wildman–Crippen MR) is 141 cm³/mol. The first kappa shape index (κ1) is 26.5. The molecule has 11 heteroatoms. The summed E-state index contributed by atoms with van der Waals surface area (Å²) in [5, 5.41) is 14.8. The minimum Gasteiger partial charge on any atom is -0.326 e. The molecule has 3 aromatic carbocycles. The highest BCUT2D eigenvalue weighted by Gasteiger charge is 2.67. The lowest BCUT2D eigenvalue weighted by Crippen LogP contribution is -2.18. The van der Waals surface area contributed by atoms with Crippen molar-refractivity contribution in [2.75, 3.05) is 10.6 Å². The third-order valence-corrected chi connectivity index (χ3v) is 7.92. The quantitative estimate of drug-likeness (QED) is 0.301. The summed E-state index contributed by atoms with van der Waals surface area (Å²) in [7, 11) is 0. The van der Waals surface area contributed by atoms with Gasteiger partial charge in [0.1, 0.15) is 10.2 Å². The molecule has 0 bridgehead atoms. The average Bonchev–Trinajstić information content (AvgIpc) is 3.41. The summed E-state index contributed by atoms with van der Waals surface area (Å²) in [5.41, 5.74) is 1.63. The smallest absolute Gasteiger partial charge is 0.257 e. The number of nitriles is 1. The number of halogens is 6. The van der Waals surface area contributed by atoms with Crippen LogP contribution in [0.5, 0.6) is 0 Å². The van der Waals surface area contributed by atoms with Gasteiger partial charge in [-0.05, 0) is 60.5 Å². The number of rotatable bonds is 5. The Bertz CT molecular complexity index is 1430. The number of alkyl halides is 2. The molecule has 184 valence electrons. The van der Waals surface area contributed by atoms with E-state index in [4.69, 9.17) is 63.3 Å². The number of nitrogens with one attached hydrogen (secondary N) is 2. The van der Waals surface area contributed by atoms with Gasteiger partial charge in [0.05, 0.1) is 43.9 Å². The Labute approximate surface area is 231 Å². The molecule has 0 spiro atoms. The van der Waals surface area contributed by atoms with E-state index in [0.717, 1.165) is 11.6 Å². The lowest BCUT2D eigenvalue weighted by molar-refractivity contribution is -0.117. The van der Waals surface area contributed by atoms with Crippen LogP contribution in [0.2, 0.25) is 15.1 Å². The van der Waals surface area contributed by atoms with E-state index in [2.05, 4.69) is 10.6 Å². The molecule has 5 nitrogen and oxygen atoms in total. The number of benzene rings is 3. The van der Waals surface area contributed by atoms with E-state index in [9.17, 15) is 14.0 Å². The monoisotopic (exact) mass is 583 g/mol. The van der Waals surface area contributed by atoms with Crippen LogP contribution in [0.3, 0.4) is 0 Å². The molecule has 0 aromatic heterocycles. The molecule has 3 aromatic rings. The van der Waals surface area contributed by atoms with Crippen molar-refractivity contribution in [3.05, 3.63) is 91.7 Å². The Balaban J connectivity index is 1.52. The van der Waals surface area contributed by atoms with Crippen molar-refractivity contribution in [2.45, 2.75) is 17.2 Å². The lowest BCUT2D eigenvalue weighted by atomic mass is 10.1. The number of carbonyl (C=O) groups excluding carboxylic acids is 2. The van der Waals surface area contributed by atoms with Crippen LogP contribution in [0.15, 0.2) is 48.5 Å². The van der Waals surface area contributed by atoms with Crippen LogP contribution in [0.4, 0.5) is 15.8 Å². The Hall–Kier alpha value is -2.53. The molecular formula is C25H15Cl5FN3O2. The molecule has 2 amide bonds. The fraction of sp³-hybridized carbons (Fsp3) is 0.160. The highest BCUT2D eigenvalue weighted by atomic mass is 35.5. The van der Waals surface area contributed by atoms with Gasteiger partial charge in [-0.3, -0.25) is 9.59 Å². The second-order valence-corrected chi connectivity index (χ2v) is 10.8. The van der Waals surface area contributed by atoms with Crippen molar-refractivity contribution in [1.29, 1.82) is 5.26 Å². The van der Waals surface area contributed by atoms with Gasteiger partial charge >= 0.3 is 0 Å². The fourth-order valence-electron chi connectivity index (χ4n) is 3.87. The van der Waals surface area contributed by atoms with Crippen LogP contribution in [-0.4, -0.2) is 16.1 Å². The van der Waals surface area contributed by atoms with Gasteiger partial charge in [0, 0.05) is 11.6 Å². The number of carbonyl (C=O) groups is 2. The minimum absolute atomic E-state index is 0.00584.